The van der Waals surface area contributed by atoms with Gasteiger partial charge in [-0.3, -0.25) is 10.1 Å². The average Bonchev–Trinajstić information content (AvgIpc) is 2.70. The minimum Gasteiger partial charge on any atom is -0.320 e. The van der Waals surface area contributed by atoms with E-state index in [-0.39, 0.29) is 12.1 Å². The maximum absolute atomic E-state index is 12.7. The topological polar surface area (TPSA) is 32.3 Å². The Kier molecular flexibility index (Phi) is 4.99. The van der Waals surface area contributed by atoms with Crippen LogP contribution >= 0.6 is 23.4 Å². The van der Waals surface area contributed by atoms with Crippen molar-refractivity contribution in [3.05, 3.63) is 34.9 Å². The number of hydrogen-bond acceptors (Lipinski definition) is 3. The Balaban J connectivity index is 2.31. The number of nitrogens with one attached hydrogen (secondary N) is 1. The highest BCUT2D eigenvalue weighted by atomic mass is 35.5. The normalized spacial score (nSPS) is 26.3. The molecule has 0 saturated carbocycles. The Morgan fingerprint density at radius 2 is 2.25 bits per heavy atom. The van der Waals surface area contributed by atoms with Gasteiger partial charge in [0.15, 0.2) is 0 Å². The van der Waals surface area contributed by atoms with Crippen LogP contribution in [0.25, 0.3) is 0 Å². The molecule has 0 bridgehead atoms. The van der Waals surface area contributed by atoms with Crippen LogP contribution in [0.3, 0.4) is 0 Å². The third-order valence-electron chi connectivity index (χ3n) is 3.91. The summed E-state index contributed by atoms with van der Waals surface area (Å²) in [6, 6.07) is 7.73. The van der Waals surface area contributed by atoms with Crippen LogP contribution in [0.15, 0.2) is 24.3 Å². The fourth-order valence-corrected chi connectivity index (χ4v) is 3.07. The van der Waals surface area contributed by atoms with Gasteiger partial charge >= 0.3 is 0 Å². The first-order valence-corrected chi connectivity index (χ1v) is 8.62. The molecular weight excluding hydrogens is 292 g/mol. The zero-order valence-electron chi connectivity index (χ0n) is 12.1. The van der Waals surface area contributed by atoms with E-state index in [4.69, 9.17) is 11.6 Å². The summed E-state index contributed by atoms with van der Waals surface area (Å²) in [5.74, 6) is 1.11. The first-order valence-electron chi connectivity index (χ1n) is 6.85. The van der Waals surface area contributed by atoms with Crippen molar-refractivity contribution in [2.24, 2.45) is 0 Å². The summed E-state index contributed by atoms with van der Waals surface area (Å²) in [6.07, 6.45) is 2.75. The summed E-state index contributed by atoms with van der Waals surface area (Å²) < 4.78 is 0. The number of nitrogens with zero attached hydrogens (tertiary/aromatic N) is 1. The summed E-state index contributed by atoms with van der Waals surface area (Å²) in [5, 5.41) is 4.18. The van der Waals surface area contributed by atoms with Crippen LogP contribution in [-0.4, -0.2) is 34.9 Å². The van der Waals surface area contributed by atoms with Gasteiger partial charge < -0.3 is 4.90 Å². The Labute approximate surface area is 130 Å². The Hall–Kier alpha value is -0.710. The third kappa shape index (κ3) is 2.97. The first-order chi connectivity index (χ1) is 9.51. The van der Waals surface area contributed by atoms with Gasteiger partial charge in [0.1, 0.15) is 6.17 Å². The van der Waals surface area contributed by atoms with E-state index >= 15 is 0 Å². The van der Waals surface area contributed by atoms with E-state index in [1.54, 1.807) is 11.8 Å². The van der Waals surface area contributed by atoms with E-state index < -0.39 is 5.54 Å². The molecule has 1 aliphatic rings. The molecule has 5 heteroatoms. The van der Waals surface area contributed by atoms with Gasteiger partial charge in [-0.15, -0.1) is 0 Å². The van der Waals surface area contributed by atoms with Gasteiger partial charge in [-0.05, 0) is 37.3 Å². The molecule has 1 aliphatic heterocycles. The second kappa shape index (κ2) is 6.37. The molecule has 1 aromatic rings. The third-order valence-corrected chi connectivity index (χ3v) is 4.73. The standard InChI is InChI=1S/C15H21ClN2OS/c1-4-15(2)14(19)18(8-9-20-3)13(17-15)11-6-5-7-12(16)10-11/h5-7,10,13,17H,4,8-9H2,1-3H3. The lowest BCUT2D eigenvalue weighted by Crippen LogP contribution is -2.43. The fourth-order valence-electron chi connectivity index (χ4n) is 2.49. The van der Waals surface area contributed by atoms with E-state index in [0.29, 0.717) is 5.02 Å². The number of carbonyl (C=O) groups is 1. The number of rotatable bonds is 5. The molecule has 3 nitrogen and oxygen atoms in total. The molecule has 1 aromatic carbocycles. The number of amides is 1. The Bertz CT molecular complexity index is 497. The maximum atomic E-state index is 12.7. The summed E-state index contributed by atoms with van der Waals surface area (Å²) in [5.41, 5.74) is 0.565. The molecule has 1 heterocycles. The highest BCUT2D eigenvalue weighted by Crippen LogP contribution is 2.33. The van der Waals surface area contributed by atoms with Gasteiger partial charge in [0, 0.05) is 17.3 Å². The molecular formula is C15H21ClN2OS. The van der Waals surface area contributed by atoms with E-state index in [9.17, 15) is 4.79 Å². The van der Waals surface area contributed by atoms with Crippen LogP contribution in [0.2, 0.25) is 5.02 Å². The molecule has 0 aromatic heterocycles. The molecule has 2 rings (SSSR count). The zero-order valence-corrected chi connectivity index (χ0v) is 13.7. The SMILES string of the molecule is CCC1(C)NC(c2cccc(Cl)c2)N(CCSC)C1=O. The smallest absolute Gasteiger partial charge is 0.244 e. The molecule has 1 amide bonds. The maximum Gasteiger partial charge on any atom is 0.244 e. The summed E-state index contributed by atoms with van der Waals surface area (Å²) in [4.78, 5) is 14.6. The highest BCUT2D eigenvalue weighted by Gasteiger charge is 2.46. The Morgan fingerprint density at radius 1 is 1.50 bits per heavy atom. The lowest BCUT2D eigenvalue weighted by molar-refractivity contribution is -0.132. The number of carbonyl (C=O) groups excluding carboxylic acids is 1. The minimum absolute atomic E-state index is 0.0849. The lowest BCUT2D eigenvalue weighted by Gasteiger charge is -2.24. The number of thioether (sulfide) groups is 1. The molecule has 110 valence electrons. The van der Waals surface area contributed by atoms with Crippen LogP contribution in [0.4, 0.5) is 0 Å². The zero-order chi connectivity index (χ0) is 14.8. The number of hydrogen-bond donors (Lipinski definition) is 1. The van der Waals surface area contributed by atoms with E-state index in [1.807, 2.05) is 43.0 Å². The monoisotopic (exact) mass is 312 g/mol. The first kappa shape index (κ1) is 15.7. The van der Waals surface area contributed by atoms with Gasteiger partial charge in [0.05, 0.1) is 5.54 Å². The predicted octanol–water partition coefficient (Wildman–Crippen LogP) is 3.30. The molecule has 1 saturated heterocycles. The second-order valence-electron chi connectivity index (χ2n) is 5.28. The predicted molar refractivity (Wildman–Crippen MR) is 86.1 cm³/mol. The van der Waals surface area contributed by atoms with Crippen molar-refractivity contribution in [1.82, 2.24) is 10.2 Å². The molecule has 20 heavy (non-hydrogen) atoms. The Morgan fingerprint density at radius 3 is 2.85 bits per heavy atom. The minimum atomic E-state index is -0.481. The molecule has 1 N–H and O–H groups in total. The lowest BCUT2D eigenvalue weighted by atomic mass is 9.99. The average molecular weight is 313 g/mol. The van der Waals surface area contributed by atoms with Crippen molar-refractivity contribution in [2.75, 3.05) is 18.6 Å². The molecule has 1 fully saturated rings. The van der Waals surface area contributed by atoms with Crippen LogP contribution in [0.5, 0.6) is 0 Å². The quantitative estimate of drug-likeness (QED) is 0.905. The van der Waals surface area contributed by atoms with Crippen molar-refractivity contribution >= 4 is 29.3 Å². The molecule has 0 spiro atoms. The van der Waals surface area contributed by atoms with E-state index in [1.165, 1.54) is 0 Å². The van der Waals surface area contributed by atoms with E-state index in [0.717, 1.165) is 24.3 Å². The fraction of sp³-hybridized carbons (Fsp3) is 0.533. The van der Waals surface area contributed by atoms with E-state index in [2.05, 4.69) is 11.6 Å². The van der Waals surface area contributed by atoms with Crippen molar-refractivity contribution < 1.29 is 4.79 Å². The molecule has 2 atom stereocenters. The van der Waals surface area contributed by atoms with Gasteiger partial charge in [-0.1, -0.05) is 30.7 Å². The van der Waals surface area contributed by atoms with Crippen molar-refractivity contribution in [1.29, 1.82) is 0 Å². The van der Waals surface area contributed by atoms with Crippen LogP contribution in [-0.2, 0) is 4.79 Å². The second-order valence-corrected chi connectivity index (χ2v) is 6.70. The van der Waals surface area contributed by atoms with Gasteiger partial charge in [0.2, 0.25) is 5.91 Å². The molecule has 0 aliphatic carbocycles. The van der Waals surface area contributed by atoms with Crippen LogP contribution < -0.4 is 5.32 Å². The van der Waals surface area contributed by atoms with Gasteiger partial charge in [-0.25, -0.2) is 0 Å². The largest absolute Gasteiger partial charge is 0.320 e. The van der Waals surface area contributed by atoms with Crippen molar-refractivity contribution in [2.45, 2.75) is 32.0 Å². The van der Waals surface area contributed by atoms with Crippen molar-refractivity contribution in [3.8, 4) is 0 Å². The molecule has 2 unspecified atom stereocenters. The number of halogens is 1. The van der Waals surface area contributed by atoms with Crippen LogP contribution in [0.1, 0.15) is 32.0 Å². The highest BCUT2D eigenvalue weighted by molar-refractivity contribution is 7.98. The molecule has 0 radical (unpaired) electrons. The van der Waals surface area contributed by atoms with Crippen LogP contribution in [0, 0.1) is 0 Å². The van der Waals surface area contributed by atoms with Gasteiger partial charge in [-0.2, -0.15) is 11.8 Å². The summed E-state index contributed by atoms with van der Waals surface area (Å²) >= 11 is 7.83. The van der Waals surface area contributed by atoms with Crippen molar-refractivity contribution in [3.63, 3.8) is 0 Å². The number of benzene rings is 1. The summed E-state index contributed by atoms with van der Waals surface area (Å²) in [7, 11) is 0. The summed E-state index contributed by atoms with van der Waals surface area (Å²) in [6.45, 7) is 4.77. The van der Waals surface area contributed by atoms with Gasteiger partial charge in [0.25, 0.3) is 0 Å².